The van der Waals surface area contributed by atoms with Crippen molar-refractivity contribution in [3.05, 3.63) is 58.5 Å². The van der Waals surface area contributed by atoms with Gasteiger partial charge in [0.05, 0.1) is 19.3 Å². The summed E-state index contributed by atoms with van der Waals surface area (Å²) in [6.07, 6.45) is 0. The molecule has 1 aromatic carbocycles. The number of furan rings is 1. The molecule has 4 rings (SSSR count). The molecule has 0 unspecified atom stereocenters. The molecule has 3 heterocycles. The van der Waals surface area contributed by atoms with Crippen molar-refractivity contribution in [2.45, 2.75) is 6.04 Å². The molecule has 1 aliphatic heterocycles. The van der Waals surface area contributed by atoms with Crippen molar-refractivity contribution in [2.75, 3.05) is 32.8 Å². The van der Waals surface area contributed by atoms with Crippen LogP contribution in [-0.2, 0) is 4.74 Å². The van der Waals surface area contributed by atoms with Gasteiger partial charge in [-0.25, -0.2) is 0 Å². The van der Waals surface area contributed by atoms with Crippen LogP contribution >= 0.6 is 11.3 Å². The number of thiophene rings is 1. The molecule has 0 spiro atoms. The van der Waals surface area contributed by atoms with Crippen LogP contribution in [0.3, 0.4) is 0 Å². The van der Waals surface area contributed by atoms with Crippen molar-refractivity contribution in [3.63, 3.8) is 0 Å². The Labute approximate surface area is 150 Å². The van der Waals surface area contributed by atoms with Crippen LogP contribution in [0.15, 0.2) is 52.3 Å². The molecule has 3 aromatic rings. The van der Waals surface area contributed by atoms with E-state index in [0.29, 0.717) is 12.3 Å². The second-order valence-electron chi connectivity index (χ2n) is 6.04. The van der Waals surface area contributed by atoms with Gasteiger partial charge in [-0.2, -0.15) is 0 Å². The van der Waals surface area contributed by atoms with Gasteiger partial charge in [-0.05, 0) is 23.6 Å². The van der Waals surface area contributed by atoms with Crippen LogP contribution in [0.25, 0.3) is 11.0 Å². The molecule has 1 saturated heterocycles. The predicted molar refractivity (Wildman–Crippen MR) is 98.0 cm³/mol. The van der Waals surface area contributed by atoms with E-state index in [-0.39, 0.29) is 11.9 Å². The zero-order valence-corrected chi connectivity index (χ0v) is 14.6. The summed E-state index contributed by atoms with van der Waals surface area (Å²) < 4.78 is 11.1. The maximum atomic E-state index is 12.5. The van der Waals surface area contributed by atoms with E-state index in [9.17, 15) is 4.79 Å². The molecular weight excluding hydrogens is 336 g/mol. The lowest BCUT2D eigenvalue weighted by atomic mass is 10.2. The number of amides is 1. The normalized spacial score (nSPS) is 16.8. The van der Waals surface area contributed by atoms with Crippen molar-refractivity contribution in [1.29, 1.82) is 0 Å². The Bertz CT molecular complexity index is 804. The van der Waals surface area contributed by atoms with Crippen LogP contribution in [0.4, 0.5) is 0 Å². The van der Waals surface area contributed by atoms with Crippen molar-refractivity contribution in [1.82, 2.24) is 10.2 Å². The first-order chi connectivity index (χ1) is 12.3. The molecular formula is C19H20N2O3S. The highest BCUT2D eigenvalue weighted by Crippen LogP contribution is 2.26. The van der Waals surface area contributed by atoms with E-state index in [1.165, 1.54) is 4.88 Å². The van der Waals surface area contributed by atoms with Crippen LogP contribution in [0.1, 0.15) is 21.5 Å². The summed E-state index contributed by atoms with van der Waals surface area (Å²) in [7, 11) is 0. The van der Waals surface area contributed by atoms with Gasteiger partial charge in [0.15, 0.2) is 5.76 Å². The van der Waals surface area contributed by atoms with Crippen LogP contribution in [-0.4, -0.2) is 43.7 Å². The van der Waals surface area contributed by atoms with Crippen LogP contribution < -0.4 is 5.32 Å². The smallest absolute Gasteiger partial charge is 0.287 e. The standard InChI is InChI=1S/C19H20N2O3S/c22-19(17-12-14-4-1-2-5-16(14)24-17)20-13-15(18-6-3-11-25-18)21-7-9-23-10-8-21/h1-6,11-12,15H,7-10,13H2,(H,20,22)/t15-/m1/s1. The third kappa shape index (κ3) is 3.61. The molecule has 1 atom stereocenters. The fraction of sp³-hybridized carbons (Fsp3) is 0.316. The van der Waals surface area contributed by atoms with Gasteiger partial charge < -0.3 is 14.5 Å². The van der Waals surface area contributed by atoms with E-state index in [4.69, 9.17) is 9.15 Å². The third-order valence-corrected chi connectivity index (χ3v) is 5.44. The molecule has 0 aliphatic carbocycles. The highest BCUT2D eigenvalue weighted by Gasteiger charge is 2.24. The van der Waals surface area contributed by atoms with Crippen molar-refractivity contribution >= 4 is 28.2 Å². The van der Waals surface area contributed by atoms with Gasteiger partial charge in [-0.15, -0.1) is 11.3 Å². The summed E-state index contributed by atoms with van der Waals surface area (Å²) in [5.41, 5.74) is 0.732. The lowest BCUT2D eigenvalue weighted by Crippen LogP contribution is -2.43. The van der Waals surface area contributed by atoms with Gasteiger partial charge in [0.1, 0.15) is 5.58 Å². The molecule has 130 valence electrons. The molecule has 0 saturated carbocycles. The Kier molecular flexibility index (Phi) is 4.83. The first kappa shape index (κ1) is 16.3. The second-order valence-corrected chi connectivity index (χ2v) is 7.02. The molecule has 2 aromatic heterocycles. The summed E-state index contributed by atoms with van der Waals surface area (Å²) in [5.74, 6) is 0.180. The second kappa shape index (κ2) is 7.39. The summed E-state index contributed by atoms with van der Waals surface area (Å²) in [6.45, 7) is 3.78. The average molecular weight is 356 g/mol. The first-order valence-electron chi connectivity index (χ1n) is 8.43. The van der Waals surface area contributed by atoms with Gasteiger partial charge in [0, 0.05) is 29.9 Å². The minimum Gasteiger partial charge on any atom is -0.451 e. The Morgan fingerprint density at radius 2 is 2.04 bits per heavy atom. The maximum absolute atomic E-state index is 12.5. The number of carbonyl (C=O) groups excluding carboxylic acids is 1. The molecule has 0 radical (unpaired) electrons. The topological polar surface area (TPSA) is 54.7 Å². The zero-order valence-electron chi connectivity index (χ0n) is 13.8. The van der Waals surface area contributed by atoms with Crippen LogP contribution in [0.2, 0.25) is 0 Å². The van der Waals surface area contributed by atoms with Gasteiger partial charge in [-0.1, -0.05) is 24.3 Å². The predicted octanol–water partition coefficient (Wildman–Crippen LogP) is 3.30. The van der Waals surface area contributed by atoms with Gasteiger partial charge in [0.25, 0.3) is 5.91 Å². The number of ether oxygens (including phenoxy) is 1. The van der Waals surface area contributed by atoms with E-state index in [1.54, 1.807) is 17.4 Å². The Morgan fingerprint density at radius 3 is 2.80 bits per heavy atom. The quantitative estimate of drug-likeness (QED) is 0.762. The molecule has 1 amide bonds. The fourth-order valence-electron chi connectivity index (χ4n) is 3.15. The average Bonchev–Trinajstić information content (AvgIpc) is 3.32. The molecule has 25 heavy (non-hydrogen) atoms. The van der Waals surface area contributed by atoms with E-state index >= 15 is 0 Å². The number of rotatable bonds is 5. The Balaban J connectivity index is 1.47. The largest absolute Gasteiger partial charge is 0.451 e. The number of hydrogen-bond acceptors (Lipinski definition) is 5. The number of nitrogens with one attached hydrogen (secondary N) is 1. The molecule has 5 nitrogen and oxygen atoms in total. The Hall–Kier alpha value is -2.15. The number of para-hydroxylation sites is 1. The van der Waals surface area contributed by atoms with Gasteiger partial charge in [-0.3, -0.25) is 9.69 Å². The van der Waals surface area contributed by atoms with E-state index in [0.717, 1.165) is 37.3 Å². The summed E-state index contributed by atoms with van der Waals surface area (Å²) in [4.78, 5) is 16.2. The third-order valence-electron chi connectivity index (χ3n) is 4.46. The van der Waals surface area contributed by atoms with Crippen LogP contribution in [0.5, 0.6) is 0 Å². The fourth-order valence-corrected chi connectivity index (χ4v) is 4.01. The Morgan fingerprint density at radius 1 is 1.20 bits per heavy atom. The summed E-state index contributed by atoms with van der Waals surface area (Å²) >= 11 is 1.72. The number of carbonyl (C=O) groups is 1. The molecule has 0 bridgehead atoms. The molecule has 1 N–H and O–H groups in total. The van der Waals surface area contributed by atoms with E-state index in [1.807, 2.05) is 24.3 Å². The zero-order chi connectivity index (χ0) is 17.1. The summed E-state index contributed by atoms with van der Waals surface area (Å²) in [5, 5.41) is 6.05. The monoisotopic (exact) mass is 356 g/mol. The van der Waals surface area contributed by atoms with Crippen LogP contribution in [0, 0.1) is 0 Å². The highest BCUT2D eigenvalue weighted by molar-refractivity contribution is 7.10. The number of benzene rings is 1. The first-order valence-corrected chi connectivity index (χ1v) is 9.31. The lowest BCUT2D eigenvalue weighted by molar-refractivity contribution is 0.0169. The van der Waals surface area contributed by atoms with Gasteiger partial charge in [0.2, 0.25) is 0 Å². The summed E-state index contributed by atoms with van der Waals surface area (Å²) in [6, 6.07) is 13.8. The number of morpholine rings is 1. The SMILES string of the molecule is O=C(NC[C@H](c1cccs1)N1CCOCC1)c1cc2ccccc2o1. The van der Waals surface area contributed by atoms with Crippen molar-refractivity contribution < 1.29 is 13.9 Å². The minimum absolute atomic E-state index is 0.164. The number of fused-ring (bicyclic) bond motifs is 1. The van der Waals surface area contributed by atoms with Gasteiger partial charge >= 0.3 is 0 Å². The van der Waals surface area contributed by atoms with E-state index < -0.39 is 0 Å². The highest BCUT2D eigenvalue weighted by atomic mass is 32.1. The lowest BCUT2D eigenvalue weighted by Gasteiger charge is -2.34. The maximum Gasteiger partial charge on any atom is 0.287 e. The van der Waals surface area contributed by atoms with E-state index in [2.05, 4.69) is 27.7 Å². The number of nitrogens with zero attached hydrogens (tertiary/aromatic N) is 1. The minimum atomic E-state index is -0.175. The molecule has 1 aliphatic rings. The van der Waals surface area contributed by atoms with Crippen molar-refractivity contribution in [3.8, 4) is 0 Å². The number of hydrogen-bond donors (Lipinski definition) is 1. The molecule has 1 fully saturated rings. The molecule has 6 heteroatoms. The van der Waals surface area contributed by atoms with Crippen molar-refractivity contribution in [2.24, 2.45) is 0 Å².